The Morgan fingerprint density at radius 3 is 2.52 bits per heavy atom. The largest absolute Gasteiger partial charge is 0.381 e. The Labute approximate surface area is 137 Å². The summed E-state index contributed by atoms with van der Waals surface area (Å²) < 4.78 is 18.8. The van der Waals surface area contributed by atoms with Crippen LogP contribution in [0.4, 0.5) is 4.39 Å². The average Bonchev–Trinajstić information content (AvgIpc) is 2.59. The Hall–Kier alpha value is -1.48. The molecule has 2 fully saturated rings. The molecule has 0 atom stereocenters. The summed E-state index contributed by atoms with van der Waals surface area (Å²) in [5, 5.41) is 8.92. The summed E-state index contributed by atoms with van der Waals surface area (Å²) in [5.74, 6) is 0.350. The van der Waals surface area contributed by atoms with E-state index in [1.165, 1.54) is 25.5 Å². The number of hydrogen-bond donors (Lipinski definition) is 0. The molecule has 0 radical (unpaired) electrons. The first kappa shape index (κ1) is 16.4. The third kappa shape index (κ3) is 4.51. The van der Waals surface area contributed by atoms with Crippen LogP contribution < -0.4 is 0 Å². The van der Waals surface area contributed by atoms with Gasteiger partial charge in [-0.1, -0.05) is 6.07 Å². The quantitative estimate of drug-likeness (QED) is 0.854. The molecule has 0 bridgehead atoms. The predicted octanol–water partition coefficient (Wildman–Crippen LogP) is 2.24. The Morgan fingerprint density at radius 1 is 1.13 bits per heavy atom. The number of halogens is 1. The lowest BCUT2D eigenvalue weighted by Crippen LogP contribution is -2.47. The number of hydrogen-bond acceptors (Lipinski definition) is 4. The zero-order valence-electron chi connectivity index (χ0n) is 13.5. The van der Waals surface area contributed by atoms with Crippen molar-refractivity contribution in [3.63, 3.8) is 0 Å². The van der Waals surface area contributed by atoms with E-state index in [9.17, 15) is 4.39 Å². The van der Waals surface area contributed by atoms with Gasteiger partial charge < -0.3 is 9.64 Å². The highest BCUT2D eigenvalue weighted by molar-refractivity contribution is 5.34. The molecule has 2 aliphatic heterocycles. The van der Waals surface area contributed by atoms with Crippen LogP contribution in [0.5, 0.6) is 0 Å². The number of nitrogens with zero attached hydrogens (tertiary/aromatic N) is 3. The first-order chi connectivity index (χ1) is 11.2. The fourth-order valence-corrected chi connectivity index (χ4v) is 3.44. The molecule has 2 saturated heterocycles. The molecule has 124 valence electrons. The fraction of sp³-hybridized carbons (Fsp3) is 0.611. The van der Waals surface area contributed by atoms with E-state index in [2.05, 4.69) is 9.80 Å². The molecule has 4 nitrogen and oxygen atoms in total. The Bertz CT molecular complexity index is 558. The third-order valence-electron chi connectivity index (χ3n) is 4.88. The maximum atomic E-state index is 13.4. The molecule has 5 heteroatoms. The van der Waals surface area contributed by atoms with Crippen LogP contribution in [0.2, 0.25) is 0 Å². The van der Waals surface area contributed by atoms with E-state index in [4.69, 9.17) is 10.00 Å². The summed E-state index contributed by atoms with van der Waals surface area (Å²) in [6, 6.07) is 6.76. The van der Waals surface area contributed by atoms with Crippen LogP contribution in [0.1, 0.15) is 24.0 Å². The lowest BCUT2D eigenvalue weighted by Gasteiger charge is -2.37. The Kier molecular flexibility index (Phi) is 5.60. The Morgan fingerprint density at radius 2 is 1.83 bits per heavy atom. The molecule has 0 amide bonds. The van der Waals surface area contributed by atoms with Gasteiger partial charge in [-0.25, -0.2) is 4.39 Å². The highest BCUT2D eigenvalue weighted by atomic mass is 19.1. The van der Waals surface area contributed by atoms with Crippen LogP contribution in [0.3, 0.4) is 0 Å². The summed E-state index contributed by atoms with van der Waals surface area (Å²) >= 11 is 0. The van der Waals surface area contributed by atoms with E-state index in [0.717, 1.165) is 57.4 Å². The molecule has 0 aliphatic carbocycles. The maximum Gasteiger partial charge on any atom is 0.140 e. The zero-order valence-corrected chi connectivity index (χ0v) is 13.5. The highest BCUT2D eigenvalue weighted by Crippen LogP contribution is 2.18. The molecular formula is C18H24FN3O. The predicted molar refractivity (Wildman–Crippen MR) is 86.4 cm³/mol. The zero-order chi connectivity index (χ0) is 16.1. The van der Waals surface area contributed by atoms with Crippen molar-refractivity contribution in [2.45, 2.75) is 19.4 Å². The van der Waals surface area contributed by atoms with Crippen molar-refractivity contribution >= 4 is 0 Å². The highest BCUT2D eigenvalue weighted by Gasteiger charge is 2.21. The molecule has 0 spiro atoms. The molecule has 3 rings (SSSR count). The normalized spacial score (nSPS) is 21.2. The topological polar surface area (TPSA) is 39.5 Å². The van der Waals surface area contributed by atoms with Crippen molar-refractivity contribution < 1.29 is 9.13 Å². The maximum absolute atomic E-state index is 13.4. The lowest BCUT2D eigenvalue weighted by molar-refractivity contribution is 0.0415. The van der Waals surface area contributed by atoms with Gasteiger partial charge in [-0.05, 0) is 36.5 Å². The van der Waals surface area contributed by atoms with Crippen molar-refractivity contribution in [2.24, 2.45) is 5.92 Å². The number of benzene rings is 1. The molecular weight excluding hydrogens is 293 g/mol. The lowest BCUT2D eigenvalue weighted by atomic mass is 9.99. The summed E-state index contributed by atoms with van der Waals surface area (Å²) in [4.78, 5) is 4.94. The van der Waals surface area contributed by atoms with Crippen LogP contribution in [0.15, 0.2) is 18.2 Å². The van der Waals surface area contributed by atoms with Crippen LogP contribution in [0.25, 0.3) is 0 Å². The summed E-state index contributed by atoms with van der Waals surface area (Å²) in [6.07, 6.45) is 2.37. The molecule has 1 aromatic rings. The van der Waals surface area contributed by atoms with Crippen LogP contribution in [0, 0.1) is 23.1 Å². The minimum Gasteiger partial charge on any atom is -0.381 e. The first-order valence-corrected chi connectivity index (χ1v) is 8.45. The van der Waals surface area contributed by atoms with Crippen LogP contribution >= 0.6 is 0 Å². The Balaban J connectivity index is 1.46. The van der Waals surface area contributed by atoms with Crippen molar-refractivity contribution in [3.05, 3.63) is 35.1 Å². The molecule has 0 unspecified atom stereocenters. The number of ether oxygens (including phenoxy) is 1. The second-order valence-electron chi connectivity index (χ2n) is 6.56. The SMILES string of the molecule is N#Cc1cc(CN2CCN(CC3CCOCC3)CC2)ccc1F. The molecule has 0 aromatic heterocycles. The minimum atomic E-state index is -0.433. The van der Waals surface area contributed by atoms with Crippen LogP contribution in [-0.2, 0) is 11.3 Å². The van der Waals surface area contributed by atoms with E-state index < -0.39 is 5.82 Å². The summed E-state index contributed by atoms with van der Waals surface area (Å²) in [5.41, 5.74) is 1.15. The van der Waals surface area contributed by atoms with Gasteiger partial charge in [0.15, 0.2) is 0 Å². The van der Waals surface area contributed by atoms with Crippen molar-refractivity contribution in [2.75, 3.05) is 45.9 Å². The van der Waals surface area contributed by atoms with Crippen molar-refractivity contribution in [1.82, 2.24) is 9.80 Å². The number of rotatable bonds is 4. The summed E-state index contributed by atoms with van der Waals surface area (Å²) in [6.45, 7) is 8.04. The molecule has 1 aromatic carbocycles. The summed E-state index contributed by atoms with van der Waals surface area (Å²) in [7, 11) is 0. The van der Waals surface area contributed by atoms with Crippen molar-refractivity contribution in [1.29, 1.82) is 5.26 Å². The van der Waals surface area contributed by atoms with Gasteiger partial charge in [0.05, 0.1) is 5.56 Å². The van der Waals surface area contributed by atoms with Crippen molar-refractivity contribution in [3.8, 4) is 6.07 Å². The second-order valence-corrected chi connectivity index (χ2v) is 6.56. The van der Waals surface area contributed by atoms with E-state index in [1.807, 2.05) is 6.07 Å². The first-order valence-electron chi connectivity index (χ1n) is 8.45. The molecule has 23 heavy (non-hydrogen) atoms. The minimum absolute atomic E-state index is 0.139. The van der Waals surface area contributed by atoms with E-state index in [0.29, 0.717) is 0 Å². The van der Waals surface area contributed by atoms with Gasteiger partial charge in [-0.15, -0.1) is 0 Å². The van der Waals surface area contributed by atoms with E-state index in [1.54, 1.807) is 12.1 Å². The van der Waals surface area contributed by atoms with Gasteiger partial charge in [-0.3, -0.25) is 4.90 Å². The molecule has 0 N–H and O–H groups in total. The second kappa shape index (κ2) is 7.87. The van der Waals surface area contributed by atoms with Gasteiger partial charge in [0.2, 0.25) is 0 Å². The third-order valence-corrected chi connectivity index (χ3v) is 4.88. The molecule has 0 saturated carbocycles. The molecule has 2 heterocycles. The number of piperazine rings is 1. The van der Waals surface area contributed by atoms with Gasteiger partial charge in [0.1, 0.15) is 11.9 Å². The van der Waals surface area contributed by atoms with E-state index in [-0.39, 0.29) is 5.56 Å². The van der Waals surface area contributed by atoms with Gasteiger partial charge in [-0.2, -0.15) is 5.26 Å². The number of nitriles is 1. The van der Waals surface area contributed by atoms with E-state index >= 15 is 0 Å². The van der Waals surface area contributed by atoms with Gasteiger partial charge in [0, 0.05) is 52.5 Å². The smallest absolute Gasteiger partial charge is 0.140 e. The monoisotopic (exact) mass is 317 g/mol. The van der Waals surface area contributed by atoms with Crippen LogP contribution in [-0.4, -0.2) is 55.7 Å². The average molecular weight is 317 g/mol. The van der Waals surface area contributed by atoms with Gasteiger partial charge in [0.25, 0.3) is 0 Å². The standard InChI is InChI=1S/C18H24FN3O/c19-18-2-1-16(11-17(18)12-20)14-22-7-5-21(6-8-22)13-15-3-9-23-10-4-15/h1-2,11,15H,3-10,13-14H2. The molecule has 2 aliphatic rings. The van der Waals surface area contributed by atoms with Gasteiger partial charge >= 0.3 is 0 Å². The fourth-order valence-electron chi connectivity index (χ4n) is 3.44.